The predicted molar refractivity (Wildman–Crippen MR) is 121 cm³/mol. The minimum absolute atomic E-state index is 0.0161. The van der Waals surface area contributed by atoms with E-state index in [1.807, 2.05) is 18.2 Å². The Balaban J connectivity index is 1.23. The van der Waals surface area contributed by atoms with Gasteiger partial charge >= 0.3 is 0 Å². The summed E-state index contributed by atoms with van der Waals surface area (Å²) in [4.78, 5) is 34.3. The quantitative estimate of drug-likeness (QED) is 0.533. The van der Waals surface area contributed by atoms with Gasteiger partial charge in [-0.2, -0.15) is 11.8 Å². The fraction of sp³-hybridized carbons (Fsp3) is 0.409. The van der Waals surface area contributed by atoms with Crippen LogP contribution in [0.3, 0.4) is 0 Å². The molecule has 0 saturated heterocycles. The molecule has 1 unspecified atom stereocenters. The Hall–Kier alpha value is -2.12. The third-order valence-electron chi connectivity index (χ3n) is 5.31. The SMILES string of the molecule is CC(CNC(=O)CCSCc1nc2sc3c(c2c(=O)[nH]1)CCC3)c1ccccc1. The van der Waals surface area contributed by atoms with Crippen molar-refractivity contribution in [2.24, 2.45) is 0 Å². The molecular weight excluding hydrogens is 402 g/mol. The Morgan fingerprint density at radius 1 is 1.31 bits per heavy atom. The van der Waals surface area contributed by atoms with Crippen LogP contribution in [0.25, 0.3) is 10.2 Å². The summed E-state index contributed by atoms with van der Waals surface area (Å²) >= 11 is 3.29. The number of H-pyrrole nitrogens is 1. The Bertz CT molecular complexity index is 1060. The maximum absolute atomic E-state index is 12.5. The number of aryl methyl sites for hydroxylation is 2. The summed E-state index contributed by atoms with van der Waals surface area (Å²) in [6.07, 6.45) is 3.66. The van der Waals surface area contributed by atoms with Crippen molar-refractivity contribution < 1.29 is 4.79 Å². The second kappa shape index (κ2) is 9.13. The van der Waals surface area contributed by atoms with E-state index in [4.69, 9.17) is 0 Å². The molecule has 0 spiro atoms. The van der Waals surface area contributed by atoms with Gasteiger partial charge in [0.1, 0.15) is 10.7 Å². The van der Waals surface area contributed by atoms with Crippen molar-refractivity contribution in [3.8, 4) is 0 Å². The van der Waals surface area contributed by atoms with E-state index in [0.29, 0.717) is 36.2 Å². The second-order valence-electron chi connectivity index (χ2n) is 7.47. The molecule has 0 radical (unpaired) electrons. The van der Waals surface area contributed by atoms with E-state index in [-0.39, 0.29) is 11.5 Å². The van der Waals surface area contributed by atoms with Crippen molar-refractivity contribution in [1.29, 1.82) is 0 Å². The van der Waals surface area contributed by atoms with Gasteiger partial charge in [-0.05, 0) is 36.3 Å². The number of benzene rings is 1. The zero-order valence-electron chi connectivity index (χ0n) is 16.5. The summed E-state index contributed by atoms with van der Waals surface area (Å²) in [6.45, 7) is 2.76. The topological polar surface area (TPSA) is 74.8 Å². The standard InChI is InChI=1S/C22H25N3O2S2/c1-14(15-6-3-2-4-7-15)12-23-19(26)10-11-28-13-18-24-21(27)20-16-8-5-9-17(16)29-22(20)25-18/h2-4,6-7,14H,5,8-13H2,1H3,(H,23,26)(H,24,25,27). The van der Waals surface area contributed by atoms with E-state index in [9.17, 15) is 9.59 Å². The molecule has 5 nitrogen and oxygen atoms in total. The number of thioether (sulfide) groups is 1. The van der Waals surface area contributed by atoms with E-state index < -0.39 is 0 Å². The molecule has 4 rings (SSSR count). The lowest BCUT2D eigenvalue weighted by molar-refractivity contribution is -0.120. The van der Waals surface area contributed by atoms with Gasteiger partial charge in [-0.1, -0.05) is 37.3 Å². The number of amides is 1. The number of thiophene rings is 1. The highest BCUT2D eigenvalue weighted by Gasteiger charge is 2.21. The number of hydrogen-bond donors (Lipinski definition) is 2. The second-order valence-corrected chi connectivity index (χ2v) is 9.66. The average Bonchev–Trinajstić information content (AvgIpc) is 3.31. The Morgan fingerprint density at radius 2 is 2.14 bits per heavy atom. The van der Waals surface area contributed by atoms with Gasteiger partial charge in [-0.15, -0.1) is 11.3 Å². The van der Waals surface area contributed by atoms with E-state index in [0.717, 1.165) is 29.5 Å². The molecule has 0 fully saturated rings. The molecule has 2 aromatic heterocycles. The minimum Gasteiger partial charge on any atom is -0.355 e. The van der Waals surface area contributed by atoms with Gasteiger partial charge in [-0.25, -0.2) is 4.98 Å². The molecule has 1 aliphatic carbocycles. The third-order valence-corrected chi connectivity index (χ3v) is 7.47. The molecule has 29 heavy (non-hydrogen) atoms. The van der Waals surface area contributed by atoms with Crippen molar-refractivity contribution in [3.05, 3.63) is 62.5 Å². The smallest absolute Gasteiger partial charge is 0.259 e. The Labute approximate surface area is 178 Å². The number of aromatic amines is 1. The van der Waals surface area contributed by atoms with Crippen molar-refractivity contribution in [1.82, 2.24) is 15.3 Å². The molecule has 3 aromatic rings. The largest absolute Gasteiger partial charge is 0.355 e. The zero-order chi connectivity index (χ0) is 20.2. The van der Waals surface area contributed by atoms with Gasteiger partial charge < -0.3 is 10.3 Å². The number of rotatable bonds is 8. The van der Waals surface area contributed by atoms with Crippen LogP contribution in [0, 0.1) is 0 Å². The normalized spacial score (nSPS) is 14.1. The highest BCUT2D eigenvalue weighted by molar-refractivity contribution is 7.98. The van der Waals surface area contributed by atoms with Crippen LogP contribution in [0.1, 0.15) is 47.5 Å². The Morgan fingerprint density at radius 3 is 2.97 bits per heavy atom. The summed E-state index contributed by atoms with van der Waals surface area (Å²) < 4.78 is 0. The van der Waals surface area contributed by atoms with Crippen LogP contribution in [0.15, 0.2) is 35.1 Å². The number of nitrogens with zero attached hydrogens (tertiary/aromatic N) is 1. The lowest BCUT2D eigenvalue weighted by atomic mass is 10.0. The summed E-state index contributed by atoms with van der Waals surface area (Å²) in [6, 6.07) is 10.2. The number of hydrogen-bond acceptors (Lipinski definition) is 5. The molecule has 2 N–H and O–H groups in total. The van der Waals surface area contributed by atoms with Gasteiger partial charge in [0.25, 0.3) is 5.56 Å². The van der Waals surface area contributed by atoms with E-state index in [2.05, 4.69) is 34.3 Å². The molecule has 152 valence electrons. The Kier molecular flexibility index (Phi) is 6.35. The molecular formula is C22H25N3O2S2. The molecule has 7 heteroatoms. The highest BCUT2D eigenvalue weighted by Crippen LogP contribution is 2.34. The average molecular weight is 428 g/mol. The predicted octanol–water partition coefficient (Wildman–Crippen LogP) is 4.02. The molecule has 1 aromatic carbocycles. The van der Waals surface area contributed by atoms with Gasteiger partial charge in [0.2, 0.25) is 5.91 Å². The summed E-state index contributed by atoms with van der Waals surface area (Å²) in [5.74, 6) is 2.37. The number of fused-ring (bicyclic) bond motifs is 3. The number of nitrogens with one attached hydrogen (secondary N) is 2. The maximum atomic E-state index is 12.5. The zero-order valence-corrected chi connectivity index (χ0v) is 18.1. The van der Waals surface area contributed by atoms with Crippen LogP contribution in [0.5, 0.6) is 0 Å². The fourth-order valence-electron chi connectivity index (χ4n) is 3.70. The lowest BCUT2D eigenvalue weighted by Gasteiger charge is -2.13. The van der Waals surface area contributed by atoms with Gasteiger partial charge in [0.05, 0.1) is 11.1 Å². The summed E-state index contributed by atoms with van der Waals surface area (Å²) in [5, 5.41) is 3.81. The first kappa shape index (κ1) is 20.2. The lowest BCUT2D eigenvalue weighted by Crippen LogP contribution is -2.27. The van der Waals surface area contributed by atoms with Crippen molar-refractivity contribution in [2.75, 3.05) is 12.3 Å². The number of carbonyl (C=O) groups is 1. The first-order valence-corrected chi connectivity index (χ1v) is 12.0. The number of aromatic nitrogens is 2. The minimum atomic E-state index is -0.0161. The first-order chi connectivity index (χ1) is 14.1. The van der Waals surface area contributed by atoms with E-state index >= 15 is 0 Å². The summed E-state index contributed by atoms with van der Waals surface area (Å²) in [7, 11) is 0. The van der Waals surface area contributed by atoms with Crippen LogP contribution in [-0.2, 0) is 23.4 Å². The molecule has 0 saturated carbocycles. The van der Waals surface area contributed by atoms with Crippen LogP contribution in [0.2, 0.25) is 0 Å². The highest BCUT2D eigenvalue weighted by atomic mass is 32.2. The molecule has 2 heterocycles. The molecule has 0 aliphatic heterocycles. The third kappa shape index (κ3) is 4.73. The number of carbonyl (C=O) groups excluding carboxylic acids is 1. The summed E-state index contributed by atoms with van der Waals surface area (Å²) in [5.41, 5.74) is 2.42. The molecule has 0 bridgehead atoms. The van der Waals surface area contributed by atoms with E-state index in [1.165, 1.54) is 16.0 Å². The van der Waals surface area contributed by atoms with Crippen molar-refractivity contribution in [3.63, 3.8) is 0 Å². The van der Waals surface area contributed by atoms with Crippen molar-refractivity contribution in [2.45, 2.75) is 44.3 Å². The maximum Gasteiger partial charge on any atom is 0.259 e. The van der Waals surface area contributed by atoms with Crippen LogP contribution >= 0.6 is 23.1 Å². The van der Waals surface area contributed by atoms with Crippen LogP contribution in [-0.4, -0.2) is 28.2 Å². The van der Waals surface area contributed by atoms with Crippen LogP contribution in [0.4, 0.5) is 0 Å². The molecule has 1 atom stereocenters. The van der Waals surface area contributed by atoms with Gasteiger partial charge in [0.15, 0.2) is 0 Å². The van der Waals surface area contributed by atoms with Crippen molar-refractivity contribution >= 4 is 39.2 Å². The molecule has 1 aliphatic rings. The van der Waals surface area contributed by atoms with Crippen LogP contribution < -0.4 is 10.9 Å². The fourth-order valence-corrected chi connectivity index (χ4v) is 5.79. The first-order valence-electron chi connectivity index (χ1n) is 10.0. The van der Waals surface area contributed by atoms with E-state index in [1.54, 1.807) is 23.1 Å². The van der Waals surface area contributed by atoms with Gasteiger partial charge in [-0.3, -0.25) is 9.59 Å². The van der Waals surface area contributed by atoms with Gasteiger partial charge in [0, 0.05) is 23.6 Å². The monoisotopic (exact) mass is 427 g/mol. The molecule has 1 amide bonds.